The van der Waals surface area contributed by atoms with Gasteiger partial charge in [-0.25, -0.2) is 4.98 Å². The summed E-state index contributed by atoms with van der Waals surface area (Å²) in [6.07, 6.45) is 1.54. The van der Waals surface area contributed by atoms with Crippen LogP contribution in [0, 0.1) is 6.92 Å². The van der Waals surface area contributed by atoms with Gasteiger partial charge in [-0.1, -0.05) is 17.7 Å². The van der Waals surface area contributed by atoms with E-state index < -0.39 is 0 Å². The molecule has 5 heteroatoms. The van der Waals surface area contributed by atoms with Gasteiger partial charge in [-0.05, 0) is 52.7 Å². The Hall–Kier alpha value is -1.39. The zero-order chi connectivity index (χ0) is 13.1. The van der Waals surface area contributed by atoms with Crippen molar-refractivity contribution in [2.75, 3.05) is 5.32 Å². The van der Waals surface area contributed by atoms with Gasteiger partial charge in [0.15, 0.2) is 0 Å². The predicted octanol–water partition coefficient (Wildman–Crippen LogP) is 4.06. The van der Waals surface area contributed by atoms with Crippen LogP contribution in [0.15, 0.2) is 41.0 Å². The summed E-state index contributed by atoms with van der Waals surface area (Å²) in [5, 5.41) is 2.98. The largest absolute Gasteiger partial charge is 0.321 e. The van der Waals surface area contributed by atoms with E-state index in [1.54, 1.807) is 18.3 Å². The van der Waals surface area contributed by atoms with E-state index in [4.69, 9.17) is 11.6 Å². The highest BCUT2D eigenvalue weighted by atomic mass is 79.9. The Bertz CT molecular complexity index is 601. The molecule has 1 heterocycles. The maximum absolute atomic E-state index is 12.0. The van der Waals surface area contributed by atoms with Gasteiger partial charge >= 0.3 is 0 Å². The topological polar surface area (TPSA) is 42.0 Å². The average Bonchev–Trinajstić information content (AvgIpc) is 2.33. The second kappa shape index (κ2) is 5.50. The fourth-order valence-corrected chi connectivity index (χ4v) is 2.26. The molecule has 0 aliphatic carbocycles. The monoisotopic (exact) mass is 324 g/mol. The first kappa shape index (κ1) is 13.1. The molecule has 0 bridgehead atoms. The third-order valence-corrected chi connectivity index (χ3v) is 3.33. The summed E-state index contributed by atoms with van der Waals surface area (Å²) in [6.45, 7) is 1.98. The molecule has 3 nitrogen and oxygen atoms in total. The minimum atomic E-state index is -0.280. The number of nitrogens with one attached hydrogen (secondary N) is 1. The number of amides is 1. The van der Waals surface area contributed by atoms with E-state index >= 15 is 0 Å². The second-order valence-electron chi connectivity index (χ2n) is 3.78. The fraction of sp³-hybridized carbons (Fsp3) is 0.0769. The van der Waals surface area contributed by atoms with Crippen molar-refractivity contribution >= 4 is 39.1 Å². The van der Waals surface area contributed by atoms with Crippen molar-refractivity contribution < 1.29 is 4.79 Å². The van der Waals surface area contributed by atoms with E-state index in [9.17, 15) is 4.79 Å². The van der Waals surface area contributed by atoms with Crippen molar-refractivity contribution in [2.24, 2.45) is 0 Å². The number of carbonyl (C=O) groups is 1. The van der Waals surface area contributed by atoms with Crippen LogP contribution in [0.2, 0.25) is 5.15 Å². The number of halogens is 2. The average molecular weight is 326 g/mol. The normalized spacial score (nSPS) is 10.2. The Morgan fingerprint density at radius 1 is 1.39 bits per heavy atom. The Morgan fingerprint density at radius 2 is 2.17 bits per heavy atom. The molecule has 0 saturated carbocycles. The maximum Gasteiger partial charge on any atom is 0.258 e. The SMILES string of the molecule is Cc1ccc(NC(=O)c2cccnc2Cl)c(Br)c1. The van der Waals surface area contributed by atoms with Crippen LogP contribution in [-0.2, 0) is 0 Å². The molecule has 0 atom stereocenters. The van der Waals surface area contributed by atoms with Crippen molar-refractivity contribution in [3.8, 4) is 0 Å². The van der Waals surface area contributed by atoms with Crippen molar-refractivity contribution in [3.63, 3.8) is 0 Å². The number of nitrogens with zero attached hydrogens (tertiary/aromatic N) is 1. The van der Waals surface area contributed by atoms with Crippen LogP contribution in [0.5, 0.6) is 0 Å². The van der Waals surface area contributed by atoms with Crippen LogP contribution in [0.3, 0.4) is 0 Å². The van der Waals surface area contributed by atoms with Crippen LogP contribution in [0.4, 0.5) is 5.69 Å². The molecule has 0 radical (unpaired) electrons. The first-order valence-electron chi connectivity index (χ1n) is 5.26. The minimum absolute atomic E-state index is 0.193. The molecule has 92 valence electrons. The third kappa shape index (κ3) is 2.89. The summed E-state index contributed by atoms with van der Waals surface area (Å²) in [5.74, 6) is -0.280. The van der Waals surface area contributed by atoms with E-state index in [0.29, 0.717) is 11.3 Å². The molecule has 1 aromatic heterocycles. The van der Waals surface area contributed by atoms with Crippen molar-refractivity contribution in [1.82, 2.24) is 4.98 Å². The Kier molecular flexibility index (Phi) is 3.99. The lowest BCUT2D eigenvalue weighted by Gasteiger charge is -2.08. The molecule has 0 fully saturated rings. The van der Waals surface area contributed by atoms with Crippen LogP contribution in [0.1, 0.15) is 15.9 Å². The number of aryl methyl sites for hydroxylation is 1. The lowest BCUT2D eigenvalue weighted by Crippen LogP contribution is -2.13. The molecule has 18 heavy (non-hydrogen) atoms. The summed E-state index contributed by atoms with van der Waals surface area (Å²) in [7, 11) is 0. The third-order valence-electron chi connectivity index (χ3n) is 2.38. The van der Waals surface area contributed by atoms with Crippen LogP contribution in [-0.4, -0.2) is 10.9 Å². The number of anilines is 1. The van der Waals surface area contributed by atoms with Gasteiger partial charge in [0.25, 0.3) is 5.91 Å². The summed E-state index contributed by atoms with van der Waals surface area (Å²) in [4.78, 5) is 15.9. The van der Waals surface area contributed by atoms with Gasteiger partial charge in [0.2, 0.25) is 0 Å². The molecule has 2 aromatic rings. The van der Waals surface area contributed by atoms with E-state index in [1.807, 2.05) is 25.1 Å². The molecule has 0 aliphatic rings. The van der Waals surface area contributed by atoms with Crippen LogP contribution < -0.4 is 5.32 Å². The summed E-state index contributed by atoms with van der Waals surface area (Å²) in [6, 6.07) is 8.99. The molecule has 1 N–H and O–H groups in total. The number of pyridine rings is 1. The predicted molar refractivity (Wildman–Crippen MR) is 76.1 cm³/mol. The highest BCUT2D eigenvalue weighted by Gasteiger charge is 2.12. The van der Waals surface area contributed by atoms with Crippen molar-refractivity contribution in [1.29, 1.82) is 0 Å². The van der Waals surface area contributed by atoms with Gasteiger partial charge in [0.1, 0.15) is 5.15 Å². The molecule has 2 rings (SSSR count). The number of rotatable bonds is 2. The van der Waals surface area contributed by atoms with Crippen molar-refractivity contribution in [3.05, 3.63) is 57.3 Å². The first-order valence-corrected chi connectivity index (χ1v) is 6.43. The quantitative estimate of drug-likeness (QED) is 0.846. The van der Waals surface area contributed by atoms with E-state index in [-0.39, 0.29) is 11.1 Å². The maximum atomic E-state index is 12.0. The highest BCUT2D eigenvalue weighted by Crippen LogP contribution is 2.24. The van der Waals surface area contributed by atoms with Crippen LogP contribution in [0.25, 0.3) is 0 Å². The number of carbonyl (C=O) groups excluding carboxylic acids is 1. The Balaban J connectivity index is 2.24. The zero-order valence-corrected chi connectivity index (χ0v) is 11.9. The first-order chi connectivity index (χ1) is 8.58. The molecule has 1 aromatic carbocycles. The van der Waals surface area contributed by atoms with Gasteiger partial charge in [-0.3, -0.25) is 4.79 Å². The molecule has 0 unspecified atom stereocenters. The molecular formula is C13H10BrClN2O. The molecule has 0 aliphatic heterocycles. The van der Waals surface area contributed by atoms with Crippen molar-refractivity contribution in [2.45, 2.75) is 6.92 Å². The molecule has 0 spiro atoms. The Labute approximate surface area is 118 Å². The second-order valence-corrected chi connectivity index (χ2v) is 4.99. The lowest BCUT2D eigenvalue weighted by atomic mass is 10.2. The van der Waals surface area contributed by atoms with E-state index in [0.717, 1.165) is 10.0 Å². The molecule has 1 amide bonds. The summed E-state index contributed by atoms with van der Waals surface area (Å²) in [5.41, 5.74) is 2.16. The standard InChI is InChI=1S/C13H10BrClN2O/c1-8-4-5-11(10(14)7-8)17-13(18)9-3-2-6-16-12(9)15/h2-7H,1H3,(H,17,18). The Morgan fingerprint density at radius 3 is 2.83 bits per heavy atom. The zero-order valence-electron chi connectivity index (χ0n) is 9.58. The van der Waals surface area contributed by atoms with Crippen LogP contribution >= 0.6 is 27.5 Å². The summed E-state index contributed by atoms with van der Waals surface area (Å²) >= 11 is 9.27. The fourth-order valence-electron chi connectivity index (χ4n) is 1.47. The number of hydrogen-bond donors (Lipinski definition) is 1. The van der Waals surface area contributed by atoms with Gasteiger partial charge in [0, 0.05) is 10.7 Å². The van der Waals surface area contributed by atoms with Gasteiger partial charge in [-0.2, -0.15) is 0 Å². The number of aromatic nitrogens is 1. The molecule has 0 saturated heterocycles. The summed E-state index contributed by atoms with van der Waals surface area (Å²) < 4.78 is 0.830. The van der Waals surface area contributed by atoms with E-state index in [1.165, 1.54) is 0 Å². The number of hydrogen-bond acceptors (Lipinski definition) is 2. The van der Waals surface area contributed by atoms with E-state index in [2.05, 4.69) is 26.2 Å². The highest BCUT2D eigenvalue weighted by molar-refractivity contribution is 9.10. The smallest absolute Gasteiger partial charge is 0.258 e. The lowest BCUT2D eigenvalue weighted by molar-refractivity contribution is 0.102. The number of benzene rings is 1. The minimum Gasteiger partial charge on any atom is -0.321 e. The van der Waals surface area contributed by atoms with Gasteiger partial charge in [-0.15, -0.1) is 0 Å². The van der Waals surface area contributed by atoms with Gasteiger partial charge in [0.05, 0.1) is 11.3 Å². The molecular weight excluding hydrogens is 316 g/mol. The van der Waals surface area contributed by atoms with Gasteiger partial charge < -0.3 is 5.32 Å².